The van der Waals surface area contributed by atoms with Gasteiger partial charge in [0.15, 0.2) is 12.5 Å². The van der Waals surface area contributed by atoms with Crippen LogP contribution in [0.2, 0.25) is 0 Å². The fourth-order valence-electron chi connectivity index (χ4n) is 3.59. The average molecular weight is 490 g/mol. The van der Waals surface area contributed by atoms with Gasteiger partial charge in [-0.25, -0.2) is 0 Å². The van der Waals surface area contributed by atoms with Crippen molar-refractivity contribution in [2.24, 2.45) is 0 Å². The largest absolute Gasteiger partial charge is 0.394 e. The van der Waals surface area contributed by atoms with E-state index in [-0.39, 0.29) is 6.42 Å². The van der Waals surface area contributed by atoms with Crippen LogP contribution in [-0.4, -0.2) is 135 Å². The summed E-state index contributed by atoms with van der Waals surface area (Å²) in [5.74, 6) is 2.65. The van der Waals surface area contributed by atoms with Crippen molar-refractivity contribution < 1.29 is 49.7 Å². The molecule has 0 saturated carbocycles. The van der Waals surface area contributed by atoms with Crippen LogP contribution in [-0.2, 0) is 19.0 Å². The molecule has 184 valence electrons. The average Bonchev–Trinajstić information content (AvgIpc) is 2.77. The van der Waals surface area contributed by atoms with Gasteiger partial charge in [0.2, 0.25) is 0 Å². The van der Waals surface area contributed by atoms with Crippen molar-refractivity contribution in [3.8, 4) is 0 Å². The Morgan fingerprint density at radius 1 is 1.00 bits per heavy atom. The standard InChI is InChI=1S/C18H35NO10S2/c1-26-19(3-2-5-31-6-4-30)17-10(22)7-11(12(8-20)27-17)28-18-16(25)15(24)14(23)13(9-21)29-18/h10-18,20-25,30H,2-9H2,1H3/t10?,11-,12?,13?,14-,15-,16?,17+,18+/m0/s1. The zero-order valence-corrected chi connectivity index (χ0v) is 19.2. The van der Waals surface area contributed by atoms with Crippen molar-refractivity contribution in [3.05, 3.63) is 0 Å². The molecular formula is C18H35NO10S2. The summed E-state index contributed by atoms with van der Waals surface area (Å²) < 4.78 is 16.9. The first-order chi connectivity index (χ1) is 14.9. The van der Waals surface area contributed by atoms with Crippen LogP contribution < -0.4 is 0 Å². The summed E-state index contributed by atoms with van der Waals surface area (Å²) in [6, 6.07) is 0. The van der Waals surface area contributed by atoms with E-state index in [4.69, 9.17) is 19.0 Å². The molecule has 2 aliphatic heterocycles. The van der Waals surface area contributed by atoms with Crippen LogP contribution in [0, 0.1) is 0 Å². The van der Waals surface area contributed by atoms with Gasteiger partial charge in [-0.2, -0.15) is 29.5 Å². The van der Waals surface area contributed by atoms with E-state index in [9.17, 15) is 30.6 Å². The maximum Gasteiger partial charge on any atom is 0.187 e. The van der Waals surface area contributed by atoms with Crippen LogP contribution in [0.15, 0.2) is 0 Å². The summed E-state index contributed by atoms with van der Waals surface area (Å²) in [4.78, 5) is 5.36. The van der Waals surface area contributed by atoms with Gasteiger partial charge in [-0.3, -0.25) is 4.84 Å². The molecule has 0 bridgehead atoms. The van der Waals surface area contributed by atoms with Gasteiger partial charge < -0.3 is 44.8 Å². The normalized spacial score (nSPS) is 39.2. The van der Waals surface area contributed by atoms with Gasteiger partial charge in [0.25, 0.3) is 0 Å². The van der Waals surface area contributed by atoms with E-state index in [0.29, 0.717) is 6.54 Å². The molecule has 2 saturated heterocycles. The van der Waals surface area contributed by atoms with Crippen LogP contribution in [0.5, 0.6) is 0 Å². The maximum absolute atomic E-state index is 10.6. The van der Waals surface area contributed by atoms with E-state index >= 15 is 0 Å². The lowest BCUT2D eigenvalue weighted by Crippen LogP contribution is -2.62. The van der Waals surface area contributed by atoms with E-state index in [1.807, 2.05) is 0 Å². The fraction of sp³-hybridized carbons (Fsp3) is 1.00. The third-order valence-corrected chi connectivity index (χ3v) is 6.89. The number of thiol groups is 1. The van der Waals surface area contributed by atoms with Crippen molar-refractivity contribution in [3.63, 3.8) is 0 Å². The van der Waals surface area contributed by atoms with Crippen LogP contribution in [0.4, 0.5) is 0 Å². The number of nitrogens with zero attached hydrogens (tertiary/aromatic N) is 1. The third kappa shape index (κ3) is 7.37. The molecule has 2 aliphatic rings. The number of thioether (sulfide) groups is 1. The van der Waals surface area contributed by atoms with Gasteiger partial charge in [-0.15, -0.1) is 0 Å². The summed E-state index contributed by atoms with van der Waals surface area (Å²) in [7, 11) is 1.47. The van der Waals surface area contributed by atoms with Gasteiger partial charge in [0, 0.05) is 18.7 Å². The number of hydrogen-bond acceptors (Lipinski definition) is 13. The quantitative estimate of drug-likeness (QED) is 0.0882. The first-order valence-corrected chi connectivity index (χ1v) is 12.1. The minimum atomic E-state index is -1.59. The monoisotopic (exact) mass is 489 g/mol. The molecule has 4 unspecified atom stereocenters. The molecule has 0 radical (unpaired) electrons. The zero-order chi connectivity index (χ0) is 23.0. The van der Waals surface area contributed by atoms with Crippen molar-refractivity contribution in [2.45, 2.75) is 68.1 Å². The Hall–Kier alpha value is 0.260. The Kier molecular flexibility index (Phi) is 12.3. The fourth-order valence-corrected chi connectivity index (χ4v) is 4.64. The Bertz CT molecular complexity index is 508. The number of hydrogen-bond donors (Lipinski definition) is 7. The number of aliphatic hydroxyl groups is 6. The van der Waals surface area contributed by atoms with Gasteiger partial charge in [-0.05, 0) is 17.9 Å². The van der Waals surface area contributed by atoms with Gasteiger partial charge >= 0.3 is 0 Å². The molecular weight excluding hydrogens is 454 g/mol. The summed E-state index contributed by atoms with van der Waals surface area (Å²) in [6.07, 6.45) is -9.94. The molecule has 6 N–H and O–H groups in total. The molecule has 2 rings (SSSR count). The molecule has 2 fully saturated rings. The molecule has 31 heavy (non-hydrogen) atoms. The number of hydroxylamine groups is 2. The van der Waals surface area contributed by atoms with Gasteiger partial charge in [-0.1, -0.05) is 0 Å². The van der Waals surface area contributed by atoms with Crippen molar-refractivity contribution in [1.29, 1.82) is 0 Å². The Morgan fingerprint density at radius 3 is 2.32 bits per heavy atom. The molecule has 11 nitrogen and oxygen atoms in total. The van der Waals surface area contributed by atoms with Crippen LogP contribution in [0.1, 0.15) is 12.8 Å². The topological polar surface area (TPSA) is 162 Å². The zero-order valence-electron chi connectivity index (χ0n) is 17.5. The highest BCUT2D eigenvalue weighted by Crippen LogP contribution is 2.30. The van der Waals surface area contributed by atoms with Crippen molar-refractivity contribution in [1.82, 2.24) is 5.06 Å². The van der Waals surface area contributed by atoms with Crippen molar-refractivity contribution in [2.75, 3.05) is 44.1 Å². The Morgan fingerprint density at radius 2 is 1.71 bits per heavy atom. The number of aliphatic hydroxyl groups excluding tert-OH is 6. The second-order valence-electron chi connectivity index (χ2n) is 7.44. The van der Waals surface area contributed by atoms with Crippen LogP contribution in [0.25, 0.3) is 0 Å². The van der Waals surface area contributed by atoms with E-state index < -0.39 is 68.5 Å². The molecule has 9 atom stereocenters. The molecule has 0 aliphatic carbocycles. The number of rotatable bonds is 12. The molecule has 0 spiro atoms. The summed E-state index contributed by atoms with van der Waals surface area (Å²) >= 11 is 5.94. The van der Waals surface area contributed by atoms with E-state index in [1.54, 1.807) is 11.8 Å². The Labute approximate surface area is 191 Å². The second kappa shape index (κ2) is 13.8. The van der Waals surface area contributed by atoms with E-state index in [2.05, 4.69) is 12.6 Å². The highest BCUT2D eigenvalue weighted by atomic mass is 32.2. The second-order valence-corrected chi connectivity index (χ2v) is 9.11. The van der Waals surface area contributed by atoms with Crippen LogP contribution >= 0.6 is 24.4 Å². The summed E-state index contributed by atoms with van der Waals surface area (Å²) in [6.45, 7) is -0.510. The molecule has 0 aromatic carbocycles. The van der Waals surface area contributed by atoms with E-state index in [0.717, 1.165) is 23.7 Å². The minimum Gasteiger partial charge on any atom is -0.394 e. The van der Waals surface area contributed by atoms with Crippen molar-refractivity contribution >= 4 is 24.4 Å². The number of ether oxygens (including phenoxy) is 3. The third-order valence-electron chi connectivity index (χ3n) is 5.29. The highest BCUT2D eigenvalue weighted by Gasteiger charge is 2.47. The lowest BCUT2D eigenvalue weighted by molar-refractivity contribution is -0.349. The first kappa shape index (κ1) is 27.5. The van der Waals surface area contributed by atoms with Gasteiger partial charge in [0.1, 0.15) is 30.5 Å². The minimum absolute atomic E-state index is 0.0408. The Balaban J connectivity index is 1.96. The first-order valence-electron chi connectivity index (χ1n) is 10.3. The summed E-state index contributed by atoms with van der Waals surface area (Å²) in [5.41, 5.74) is 0. The predicted octanol–water partition coefficient (Wildman–Crippen LogP) is -2.44. The SMILES string of the molecule is CON(CCCSCCS)[C@@H]1OC(CO)[C@@H](O[C@@H]2OC(CO)[C@H](O)[C@H](O)C2O)CC1O. The molecule has 0 aromatic heterocycles. The molecule has 2 heterocycles. The molecule has 0 aromatic rings. The predicted molar refractivity (Wildman–Crippen MR) is 115 cm³/mol. The molecule has 0 amide bonds. The summed E-state index contributed by atoms with van der Waals surface area (Å²) in [5, 5.41) is 61.2. The highest BCUT2D eigenvalue weighted by molar-refractivity contribution is 7.99. The van der Waals surface area contributed by atoms with Crippen LogP contribution in [0.3, 0.4) is 0 Å². The van der Waals surface area contributed by atoms with Gasteiger partial charge in [0.05, 0.1) is 32.5 Å². The van der Waals surface area contributed by atoms with E-state index in [1.165, 1.54) is 12.2 Å². The smallest absolute Gasteiger partial charge is 0.187 e. The maximum atomic E-state index is 10.6. The lowest BCUT2D eigenvalue weighted by Gasteiger charge is -2.45. The lowest BCUT2D eigenvalue weighted by atomic mass is 9.98. The molecule has 13 heteroatoms.